The fourth-order valence-electron chi connectivity index (χ4n) is 2.93. The summed E-state index contributed by atoms with van der Waals surface area (Å²) in [6.07, 6.45) is -4.83. The number of nitrogens with zero attached hydrogens (tertiary/aromatic N) is 4. The van der Waals surface area contributed by atoms with Crippen molar-refractivity contribution in [2.24, 2.45) is 0 Å². The summed E-state index contributed by atoms with van der Waals surface area (Å²) in [7, 11) is 0. The van der Waals surface area contributed by atoms with E-state index in [0.717, 1.165) is 11.1 Å². The van der Waals surface area contributed by atoms with Gasteiger partial charge in [-0.3, -0.25) is 4.79 Å². The van der Waals surface area contributed by atoms with Crippen LogP contribution in [0.3, 0.4) is 0 Å². The van der Waals surface area contributed by atoms with Crippen LogP contribution in [-0.4, -0.2) is 69.8 Å². The largest absolute Gasteiger partial charge is 0.421 e. The zero-order valence-electron chi connectivity index (χ0n) is 15.1. The van der Waals surface area contributed by atoms with Crippen LogP contribution in [0.25, 0.3) is 22.6 Å². The minimum atomic E-state index is -1.69. The molecular weight excluding hydrogens is 372 g/mol. The van der Waals surface area contributed by atoms with Gasteiger partial charge in [-0.2, -0.15) is 4.98 Å². The Morgan fingerprint density at radius 1 is 1.04 bits per heavy atom. The molecule has 0 bridgehead atoms. The molecule has 0 unspecified atom stereocenters. The summed E-state index contributed by atoms with van der Waals surface area (Å²) in [6.45, 7) is 2.54. The topological polar surface area (TPSA) is 171 Å². The van der Waals surface area contributed by atoms with E-state index in [9.17, 15) is 30.1 Å². The predicted octanol–water partition coefficient (Wildman–Crippen LogP) is -2.01. The average molecular weight is 392 g/mol. The molecule has 0 fully saturated rings. The van der Waals surface area contributed by atoms with Gasteiger partial charge in [0.25, 0.3) is 0 Å². The van der Waals surface area contributed by atoms with Crippen LogP contribution in [0.15, 0.2) is 21.7 Å². The van der Waals surface area contributed by atoms with E-state index in [0.29, 0.717) is 11.0 Å². The Bertz CT molecular complexity index is 1120. The van der Waals surface area contributed by atoms with E-state index in [1.807, 2.05) is 13.8 Å². The Kier molecular flexibility index (Phi) is 5.17. The van der Waals surface area contributed by atoms with Crippen LogP contribution in [0.4, 0.5) is 0 Å². The van der Waals surface area contributed by atoms with E-state index >= 15 is 0 Å². The first-order valence-electron chi connectivity index (χ1n) is 8.44. The first kappa shape index (κ1) is 19.9. The second kappa shape index (κ2) is 7.28. The molecule has 3 atom stereocenters. The third-order valence-electron chi connectivity index (χ3n) is 4.70. The van der Waals surface area contributed by atoms with E-state index in [2.05, 4.69) is 9.97 Å². The highest BCUT2D eigenvalue weighted by atomic mass is 16.5. The van der Waals surface area contributed by atoms with Crippen molar-refractivity contribution >= 4 is 11.0 Å². The van der Waals surface area contributed by atoms with E-state index in [1.54, 1.807) is 12.1 Å². The normalized spacial score (nSPS) is 15.1. The molecule has 0 amide bonds. The fraction of sp³-hybridized carbons (Fsp3) is 0.412. The highest BCUT2D eigenvalue weighted by Gasteiger charge is 2.28. The molecule has 28 heavy (non-hydrogen) atoms. The molecule has 3 rings (SSSR count). The molecule has 11 nitrogen and oxygen atoms in total. The monoisotopic (exact) mass is 392 g/mol. The zero-order chi connectivity index (χ0) is 20.7. The van der Waals surface area contributed by atoms with Crippen molar-refractivity contribution in [3.63, 3.8) is 0 Å². The molecule has 11 heteroatoms. The van der Waals surface area contributed by atoms with Crippen molar-refractivity contribution in [3.05, 3.63) is 44.1 Å². The number of hydrogen-bond acceptors (Lipinski definition) is 9. The molecular formula is C17H20N4O7. The Morgan fingerprint density at radius 2 is 1.68 bits per heavy atom. The van der Waals surface area contributed by atoms with Gasteiger partial charge in [0, 0.05) is 0 Å². The minimum absolute atomic E-state index is 0.159. The van der Waals surface area contributed by atoms with Gasteiger partial charge in [0.2, 0.25) is 0 Å². The van der Waals surface area contributed by atoms with Crippen molar-refractivity contribution in [1.82, 2.24) is 19.3 Å². The first-order valence-corrected chi connectivity index (χ1v) is 8.44. The lowest BCUT2D eigenvalue weighted by Gasteiger charge is -2.25. The van der Waals surface area contributed by atoms with E-state index in [-0.39, 0.29) is 22.8 Å². The molecule has 1 aromatic carbocycles. The Balaban J connectivity index is 2.32. The standard InChI is InChI=1S/C17H20N4O7/c1-7-3-9-10(4-8(7)2)20(5-11(23)14(25)12(24)6-22)15-13(18-9)16(26)21(28)17(27)19-15/h3-4,11-12,14,22-25,28H,5-6H2,1-2H3/t11-,12+,14-/m1/s1. The number of fused-ring (bicyclic) bond motifs is 2. The number of benzene rings is 1. The summed E-state index contributed by atoms with van der Waals surface area (Å²) in [6, 6.07) is 3.41. The number of aliphatic hydroxyl groups excluding tert-OH is 4. The molecule has 0 aliphatic carbocycles. The van der Waals surface area contributed by atoms with Gasteiger partial charge in [-0.25, -0.2) is 9.78 Å². The van der Waals surface area contributed by atoms with Crippen LogP contribution in [0.1, 0.15) is 11.1 Å². The zero-order valence-corrected chi connectivity index (χ0v) is 15.1. The number of hydrogen-bond donors (Lipinski definition) is 5. The molecule has 5 N–H and O–H groups in total. The Hall–Kier alpha value is -2.86. The molecule has 1 aromatic rings. The van der Waals surface area contributed by atoms with Gasteiger partial charge in [0.05, 0.1) is 24.2 Å². The smallest absolute Gasteiger partial charge is 0.386 e. The van der Waals surface area contributed by atoms with Crippen molar-refractivity contribution in [2.45, 2.75) is 38.7 Å². The van der Waals surface area contributed by atoms with Gasteiger partial charge < -0.3 is 30.2 Å². The number of rotatable bonds is 5. The Labute approximate surface area is 157 Å². The summed E-state index contributed by atoms with van der Waals surface area (Å²) in [5, 5.41) is 48.4. The van der Waals surface area contributed by atoms with E-state index in [4.69, 9.17) is 5.11 Å². The van der Waals surface area contributed by atoms with Crippen LogP contribution in [0, 0.1) is 13.8 Å². The number of aliphatic hydroxyl groups is 4. The lowest BCUT2D eigenvalue weighted by Crippen LogP contribution is -2.43. The van der Waals surface area contributed by atoms with Gasteiger partial charge >= 0.3 is 11.2 Å². The van der Waals surface area contributed by atoms with Crippen LogP contribution < -0.4 is 11.2 Å². The number of aromatic nitrogens is 4. The molecule has 0 radical (unpaired) electrons. The molecule has 0 spiro atoms. The van der Waals surface area contributed by atoms with Crippen molar-refractivity contribution in [2.75, 3.05) is 6.61 Å². The molecule has 0 saturated heterocycles. The fourth-order valence-corrected chi connectivity index (χ4v) is 2.93. The lowest BCUT2D eigenvalue weighted by molar-refractivity contribution is -0.0802. The maximum absolute atomic E-state index is 12.3. The summed E-state index contributed by atoms with van der Waals surface area (Å²) < 4.78 is 1.15. The summed E-state index contributed by atoms with van der Waals surface area (Å²) in [5.74, 6) is -0.194. The molecule has 150 valence electrons. The van der Waals surface area contributed by atoms with Gasteiger partial charge in [-0.15, -0.1) is 0 Å². The minimum Gasteiger partial charge on any atom is -0.421 e. The van der Waals surface area contributed by atoms with Gasteiger partial charge in [-0.1, -0.05) is 4.73 Å². The maximum atomic E-state index is 12.3. The quantitative estimate of drug-likeness (QED) is 0.243. The van der Waals surface area contributed by atoms with Crippen molar-refractivity contribution in [3.8, 4) is 11.5 Å². The third-order valence-corrected chi connectivity index (χ3v) is 4.70. The van der Waals surface area contributed by atoms with Gasteiger partial charge in [-0.05, 0) is 37.1 Å². The second-order valence-electron chi connectivity index (χ2n) is 6.64. The summed E-state index contributed by atoms with van der Waals surface area (Å²) in [5.41, 5.74) is -0.0938. The molecule has 2 heterocycles. The SMILES string of the molecule is Cc1cc2nc3c(=O)n(O)c(=O)nc-3n(C[C@@H](O)[C@@H](O)[C@@H](O)CO)c2cc1C. The molecule has 2 aliphatic heterocycles. The number of aryl methyl sites for hydroxylation is 2. The average Bonchev–Trinajstić information content (AvgIpc) is 2.67. The highest BCUT2D eigenvalue weighted by Crippen LogP contribution is 2.24. The van der Waals surface area contributed by atoms with Crippen LogP contribution >= 0.6 is 0 Å². The predicted molar refractivity (Wildman–Crippen MR) is 96.4 cm³/mol. The first-order chi connectivity index (χ1) is 13.1. The van der Waals surface area contributed by atoms with Gasteiger partial charge in [0.15, 0.2) is 11.5 Å². The highest BCUT2D eigenvalue weighted by molar-refractivity contribution is 5.81. The van der Waals surface area contributed by atoms with Crippen LogP contribution in [0.2, 0.25) is 0 Å². The Morgan fingerprint density at radius 3 is 2.32 bits per heavy atom. The molecule has 0 saturated carbocycles. The lowest BCUT2D eigenvalue weighted by atomic mass is 10.1. The second-order valence-corrected chi connectivity index (χ2v) is 6.64. The summed E-state index contributed by atoms with van der Waals surface area (Å²) in [4.78, 5) is 32.0. The maximum Gasteiger partial charge on any atom is 0.386 e. The van der Waals surface area contributed by atoms with E-state index < -0.39 is 36.2 Å². The van der Waals surface area contributed by atoms with Crippen molar-refractivity contribution < 1.29 is 25.6 Å². The van der Waals surface area contributed by atoms with Crippen LogP contribution in [0.5, 0.6) is 0 Å². The molecule has 0 aromatic heterocycles. The van der Waals surface area contributed by atoms with Crippen molar-refractivity contribution in [1.29, 1.82) is 0 Å². The summed E-state index contributed by atoms with van der Waals surface area (Å²) >= 11 is 0. The third kappa shape index (κ3) is 3.24. The van der Waals surface area contributed by atoms with Gasteiger partial charge in [0.1, 0.15) is 18.3 Å². The van der Waals surface area contributed by atoms with Crippen LogP contribution in [-0.2, 0) is 6.54 Å². The molecule has 2 aliphatic rings. The van der Waals surface area contributed by atoms with E-state index in [1.165, 1.54) is 4.57 Å².